The topological polar surface area (TPSA) is 46.9 Å². The quantitative estimate of drug-likeness (QED) is 0.662. The normalized spacial score (nSPS) is 15.3. The van der Waals surface area contributed by atoms with Crippen LogP contribution in [0.4, 0.5) is 0 Å². The van der Waals surface area contributed by atoms with Gasteiger partial charge in [-0.1, -0.05) is 0 Å². The van der Waals surface area contributed by atoms with Crippen molar-refractivity contribution in [2.24, 2.45) is 0 Å². The molecule has 0 bridgehead atoms. The summed E-state index contributed by atoms with van der Waals surface area (Å²) in [7, 11) is 0. The average molecular weight is 187 g/mol. The van der Waals surface area contributed by atoms with Crippen molar-refractivity contribution in [2.75, 3.05) is 6.54 Å². The van der Waals surface area contributed by atoms with E-state index in [2.05, 4.69) is 10.3 Å². The fraction of sp³-hybridized carbons (Fsp3) is 0.200. The van der Waals surface area contributed by atoms with Crippen molar-refractivity contribution in [3.63, 3.8) is 0 Å². The van der Waals surface area contributed by atoms with Crippen LogP contribution in [0.2, 0.25) is 0 Å². The van der Waals surface area contributed by atoms with Crippen molar-refractivity contribution in [3.05, 3.63) is 30.2 Å². The van der Waals surface area contributed by atoms with Crippen molar-refractivity contribution in [3.8, 4) is 0 Å². The van der Waals surface area contributed by atoms with Gasteiger partial charge in [-0.05, 0) is 12.1 Å². The van der Waals surface area contributed by atoms with Crippen molar-refractivity contribution >= 4 is 16.8 Å². The largest absolute Gasteiger partial charge is 0.349 e. The Bertz CT molecular complexity index is 515. The summed E-state index contributed by atoms with van der Waals surface area (Å²) in [6.07, 6.45) is 3.54. The molecule has 0 aromatic carbocycles. The zero-order chi connectivity index (χ0) is 9.54. The lowest BCUT2D eigenvalue weighted by atomic mass is 10.3. The third-order valence-corrected chi connectivity index (χ3v) is 2.56. The molecule has 4 nitrogen and oxygen atoms in total. The SMILES string of the molecule is O=C1NCCn2c1cc1cnccc12. The predicted molar refractivity (Wildman–Crippen MR) is 52.1 cm³/mol. The van der Waals surface area contributed by atoms with Crippen LogP contribution in [0.1, 0.15) is 10.5 Å². The highest BCUT2D eigenvalue weighted by atomic mass is 16.2. The van der Waals surface area contributed by atoms with Gasteiger partial charge in [0.15, 0.2) is 0 Å². The molecule has 0 radical (unpaired) electrons. The van der Waals surface area contributed by atoms with Crippen LogP contribution in [0.25, 0.3) is 10.9 Å². The van der Waals surface area contributed by atoms with Crippen LogP contribution in [0, 0.1) is 0 Å². The maximum atomic E-state index is 11.5. The molecule has 14 heavy (non-hydrogen) atoms. The number of rotatable bonds is 0. The standard InChI is InChI=1S/C10H9N3O/c14-10-9-5-7-6-11-2-1-8(7)13(9)4-3-12-10/h1-2,5-6H,3-4H2,(H,12,14). The Hall–Kier alpha value is -1.84. The zero-order valence-corrected chi connectivity index (χ0v) is 7.53. The van der Waals surface area contributed by atoms with Crippen LogP contribution in [0.3, 0.4) is 0 Å². The first-order valence-electron chi connectivity index (χ1n) is 4.58. The molecule has 0 aliphatic carbocycles. The van der Waals surface area contributed by atoms with E-state index in [-0.39, 0.29) is 5.91 Å². The minimum atomic E-state index is 0.00690. The van der Waals surface area contributed by atoms with E-state index in [0.717, 1.165) is 23.1 Å². The van der Waals surface area contributed by atoms with Crippen LogP contribution in [0.15, 0.2) is 24.5 Å². The first kappa shape index (κ1) is 7.55. The smallest absolute Gasteiger partial charge is 0.268 e. The lowest BCUT2D eigenvalue weighted by Gasteiger charge is -2.16. The van der Waals surface area contributed by atoms with Gasteiger partial charge in [0.1, 0.15) is 5.69 Å². The summed E-state index contributed by atoms with van der Waals surface area (Å²) in [4.78, 5) is 15.5. The van der Waals surface area contributed by atoms with E-state index in [0.29, 0.717) is 6.54 Å². The Morgan fingerprint density at radius 3 is 3.36 bits per heavy atom. The summed E-state index contributed by atoms with van der Waals surface area (Å²) in [6.45, 7) is 1.55. The average Bonchev–Trinajstić information content (AvgIpc) is 2.59. The Balaban J connectivity index is 2.38. The van der Waals surface area contributed by atoms with Crippen LogP contribution in [-0.4, -0.2) is 22.0 Å². The number of hydrogen-bond acceptors (Lipinski definition) is 2. The fourth-order valence-electron chi connectivity index (χ4n) is 1.91. The molecule has 0 fully saturated rings. The highest BCUT2D eigenvalue weighted by Gasteiger charge is 2.18. The van der Waals surface area contributed by atoms with E-state index in [1.165, 1.54) is 0 Å². The van der Waals surface area contributed by atoms with E-state index >= 15 is 0 Å². The molecule has 2 aromatic rings. The molecule has 1 aliphatic rings. The van der Waals surface area contributed by atoms with Gasteiger partial charge >= 0.3 is 0 Å². The lowest BCUT2D eigenvalue weighted by Crippen LogP contribution is -2.34. The molecular formula is C10H9N3O. The van der Waals surface area contributed by atoms with Gasteiger partial charge in [-0.3, -0.25) is 9.78 Å². The van der Waals surface area contributed by atoms with Gasteiger partial charge in [0.25, 0.3) is 5.91 Å². The Labute approximate surface area is 80.6 Å². The van der Waals surface area contributed by atoms with E-state index in [1.807, 2.05) is 16.7 Å². The maximum Gasteiger partial charge on any atom is 0.268 e. The lowest BCUT2D eigenvalue weighted by molar-refractivity contribution is 0.0929. The van der Waals surface area contributed by atoms with Gasteiger partial charge in [-0.25, -0.2) is 0 Å². The second-order valence-corrected chi connectivity index (χ2v) is 3.37. The highest BCUT2D eigenvalue weighted by Crippen LogP contribution is 2.20. The molecule has 3 heterocycles. The van der Waals surface area contributed by atoms with Gasteiger partial charge in [-0.15, -0.1) is 0 Å². The monoisotopic (exact) mass is 187 g/mol. The molecule has 1 aliphatic heterocycles. The van der Waals surface area contributed by atoms with Gasteiger partial charge in [0, 0.05) is 30.9 Å². The number of aromatic nitrogens is 2. The number of fused-ring (bicyclic) bond motifs is 3. The Kier molecular flexibility index (Phi) is 1.39. The maximum absolute atomic E-state index is 11.5. The predicted octanol–water partition coefficient (Wildman–Crippen LogP) is 0.780. The Morgan fingerprint density at radius 1 is 1.50 bits per heavy atom. The van der Waals surface area contributed by atoms with E-state index in [4.69, 9.17) is 0 Å². The minimum Gasteiger partial charge on any atom is -0.349 e. The number of nitrogens with zero attached hydrogens (tertiary/aromatic N) is 2. The Morgan fingerprint density at radius 2 is 2.43 bits per heavy atom. The van der Waals surface area contributed by atoms with Crippen LogP contribution >= 0.6 is 0 Å². The first-order valence-corrected chi connectivity index (χ1v) is 4.58. The van der Waals surface area contributed by atoms with Gasteiger partial charge in [0.05, 0.1) is 5.52 Å². The summed E-state index contributed by atoms with van der Waals surface area (Å²) in [5, 5.41) is 3.85. The number of hydrogen-bond donors (Lipinski definition) is 1. The number of carbonyl (C=O) groups is 1. The summed E-state index contributed by atoms with van der Waals surface area (Å²) in [6, 6.07) is 3.83. The summed E-state index contributed by atoms with van der Waals surface area (Å²) >= 11 is 0. The molecule has 1 amide bonds. The number of carbonyl (C=O) groups excluding carboxylic acids is 1. The van der Waals surface area contributed by atoms with Gasteiger partial charge < -0.3 is 9.88 Å². The molecular weight excluding hydrogens is 178 g/mol. The molecule has 0 unspecified atom stereocenters. The van der Waals surface area contributed by atoms with E-state index in [9.17, 15) is 4.79 Å². The molecule has 0 saturated heterocycles. The van der Waals surface area contributed by atoms with Crippen molar-refractivity contribution in [2.45, 2.75) is 6.54 Å². The highest BCUT2D eigenvalue weighted by molar-refractivity contribution is 5.99. The third kappa shape index (κ3) is 0.878. The van der Waals surface area contributed by atoms with Gasteiger partial charge in [-0.2, -0.15) is 0 Å². The van der Waals surface area contributed by atoms with Crippen molar-refractivity contribution < 1.29 is 4.79 Å². The van der Waals surface area contributed by atoms with Gasteiger partial charge in [0.2, 0.25) is 0 Å². The molecule has 0 atom stereocenters. The molecule has 70 valence electrons. The number of amides is 1. The second kappa shape index (κ2) is 2.57. The second-order valence-electron chi connectivity index (χ2n) is 3.37. The van der Waals surface area contributed by atoms with Crippen molar-refractivity contribution in [1.82, 2.24) is 14.9 Å². The summed E-state index contributed by atoms with van der Waals surface area (Å²) < 4.78 is 2.04. The fourth-order valence-corrected chi connectivity index (χ4v) is 1.91. The van der Waals surface area contributed by atoms with E-state index in [1.54, 1.807) is 12.4 Å². The third-order valence-electron chi connectivity index (χ3n) is 2.56. The summed E-state index contributed by atoms with van der Waals surface area (Å²) in [5.74, 6) is 0.00690. The minimum absolute atomic E-state index is 0.00690. The zero-order valence-electron chi connectivity index (χ0n) is 7.53. The van der Waals surface area contributed by atoms with Crippen LogP contribution < -0.4 is 5.32 Å². The van der Waals surface area contributed by atoms with Crippen LogP contribution in [0.5, 0.6) is 0 Å². The van der Waals surface area contributed by atoms with Crippen LogP contribution in [-0.2, 0) is 6.54 Å². The number of pyridine rings is 1. The molecule has 2 aromatic heterocycles. The molecule has 1 N–H and O–H groups in total. The molecule has 3 rings (SSSR count). The first-order chi connectivity index (χ1) is 6.86. The summed E-state index contributed by atoms with van der Waals surface area (Å²) in [5.41, 5.74) is 1.82. The number of nitrogens with one attached hydrogen (secondary N) is 1. The van der Waals surface area contributed by atoms with E-state index < -0.39 is 0 Å². The molecule has 0 spiro atoms. The molecule has 4 heteroatoms. The molecule has 0 saturated carbocycles. The van der Waals surface area contributed by atoms with Crippen molar-refractivity contribution in [1.29, 1.82) is 0 Å².